The van der Waals surface area contributed by atoms with Gasteiger partial charge in [0.15, 0.2) is 0 Å². The maximum absolute atomic E-state index is 12.7. The minimum atomic E-state index is -3.87. The molecule has 1 atom stereocenters. The van der Waals surface area contributed by atoms with Gasteiger partial charge in [0.05, 0.1) is 0 Å². The smallest absolute Gasteiger partial charge is 0.340 e. The van der Waals surface area contributed by atoms with Crippen molar-refractivity contribution >= 4 is 16.0 Å². The maximum Gasteiger partial charge on any atom is 0.340 e. The van der Waals surface area contributed by atoms with Crippen molar-refractivity contribution < 1.29 is 22.7 Å². The molecule has 1 N–H and O–H groups in total. The van der Waals surface area contributed by atoms with Gasteiger partial charge in [-0.2, -0.15) is 4.31 Å². The Bertz CT molecular complexity index is 642. The Labute approximate surface area is 118 Å². The zero-order valence-corrected chi connectivity index (χ0v) is 12.8. The van der Waals surface area contributed by atoms with Crippen LogP contribution in [0.15, 0.2) is 9.31 Å². The highest BCUT2D eigenvalue weighted by atomic mass is 32.2. The van der Waals surface area contributed by atoms with Crippen molar-refractivity contribution in [1.82, 2.24) is 4.31 Å². The van der Waals surface area contributed by atoms with Gasteiger partial charge in [0, 0.05) is 13.1 Å². The van der Waals surface area contributed by atoms with E-state index in [1.165, 1.54) is 25.2 Å². The van der Waals surface area contributed by atoms with Crippen molar-refractivity contribution in [2.45, 2.75) is 44.6 Å². The number of aryl methyl sites for hydroxylation is 2. The van der Waals surface area contributed by atoms with E-state index in [0.717, 1.165) is 12.8 Å². The summed E-state index contributed by atoms with van der Waals surface area (Å²) in [6.45, 7) is 4.78. The SMILES string of the molecule is Cc1oc(C)c(S(=O)(=O)N(C)C(C)C2CC2)c1C(=O)O. The zero-order valence-electron chi connectivity index (χ0n) is 12.0. The largest absolute Gasteiger partial charge is 0.478 e. The highest BCUT2D eigenvalue weighted by Gasteiger charge is 2.40. The Balaban J connectivity index is 2.51. The predicted molar refractivity (Wildman–Crippen MR) is 72.3 cm³/mol. The third-order valence-corrected chi connectivity index (χ3v) is 6.03. The Kier molecular flexibility index (Phi) is 3.68. The second-order valence-electron chi connectivity index (χ2n) is 5.32. The van der Waals surface area contributed by atoms with Gasteiger partial charge in [-0.1, -0.05) is 0 Å². The molecule has 20 heavy (non-hydrogen) atoms. The zero-order chi connectivity index (χ0) is 15.2. The summed E-state index contributed by atoms with van der Waals surface area (Å²) < 4.78 is 31.8. The number of carboxylic acids is 1. The number of carbonyl (C=O) groups is 1. The van der Waals surface area contributed by atoms with Crippen molar-refractivity contribution in [2.24, 2.45) is 5.92 Å². The van der Waals surface area contributed by atoms with Crippen LogP contribution in [0.5, 0.6) is 0 Å². The summed E-state index contributed by atoms with van der Waals surface area (Å²) in [4.78, 5) is 11.1. The summed E-state index contributed by atoms with van der Waals surface area (Å²) in [6, 6.07) is -0.142. The van der Waals surface area contributed by atoms with Gasteiger partial charge in [-0.05, 0) is 39.5 Å². The van der Waals surface area contributed by atoms with Crippen LogP contribution in [-0.2, 0) is 10.0 Å². The minimum absolute atomic E-state index is 0.112. The molecule has 1 heterocycles. The van der Waals surface area contributed by atoms with Crippen LogP contribution in [-0.4, -0.2) is 36.9 Å². The molecule has 0 aromatic carbocycles. The molecule has 2 rings (SSSR count). The number of rotatable bonds is 5. The fourth-order valence-electron chi connectivity index (χ4n) is 2.46. The number of aromatic carboxylic acids is 1. The maximum atomic E-state index is 12.7. The lowest BCUT2D eigenvalue weighted by atomic mass is 10.2. The standard InChI is InChI=1S/C13H19NO5S/c1-7(10-5-6-10)14(4)20(17,18)12-9(3)19-8(2)11(12)13(15)16/h7,10H,5-6H2,1-4H3,(H,15,16). The summed E-state index contributed by atoms with van der Waals surface area (Å²) >= 11 is 0. The van der Waals surface area contributed by atoms with Crippen molar-refractivity contribution in [3.8, 4) is 0 Å². The molecule has 1 aliphatic rings. The second kappa shape index (κ2) is 4.89. The van der Waals surface area contributed by atoms with E-state index in [1.54, 1.807) is 0 Å². The number of hydrogen-bond acceptors (Lipinski definition) is 4. The first-order valence-electron chi connectivity index (χ1n) is 6.49. The van der Waals surface area contributed by atoms with Gasteiger partial charge in [-0.25, -0.2) is 13.2 Å². The molecule has 0 spiro atoms. The summed E-state index contributed by atoms with van der Waals surface area (Å²) in [7, 11) is -2.38. The highest BCUT2D eigenvalue weighted by Crippen LogP contribution is 2.37. The van der Waals surface area contributed by atoms with Crippen LogP contribution in [0.1, 0.15) is 41.6 Å². The molecule has 1 aliphatic carbocycles. The van der Waals surface area contributed by atoms with Crippen LogP contribution < -0.4 is 0 Å². The number of nitrogens with zero attached hydrogens (tertiary/aromatic N) is 1. The normalized spacial score (nSPS) is 17.4. The van der Waals surface area contributed by atoms with Gasteiger partial charge >= 0.3 is 5.97 Å². The summed E-state index contributed by atoms with van der Waals surface area (Å²) in [5.41, 5.74) is -0.266. The van der Waals surface area contributed by atoms with Crippen molar-refractivity contribution in [3.05, 3.63) is 17.1 Å². The van der Waals surface area contributed by atoms with Gasteiger partial charge in [-0.3, -0.25) is 0 Å². The first-order valence-corrected chi connectivity index (χ1v) is 7.93. The third kappa shape index (κ3) is 2.35. The number of carboxylic acid groups (broad SMARTS) is 1. The van der Waals surface area contributed by atoms with Crippen molar-refractivity contribution in [1.29, 1.82) is 0 Å². The molecule has 1 aromatic rings. The van der Waals surface area contributed by atoms with Crippen LogP contribution >= 0.6 is 0 Å². The van der Waals surface area contributed by atoms with E-state index in [4.69, 9.17) is 4.42 Å². The van der Waals surface area contributed by atoms with Crippen LogP contribution in [0.25, 0.3) is 0 Å². The number of hydrogen-bond donors (Lipinski definition) is 1. The van der Waals surface area contributed by atoms with Gasteiger partial charge in [0.1, 0.15) is 22.0 Å². The van der Waals surface area contributed by atoms with E-state index in [0.29, 0.717) is 5.92 Å². The van der Waals surface area contributed by atoms with Crippen LogP contribution in [0, 0.1) is 19.8 Å². The van der Waals surface area contributed by atoms with Crippen molar-refractivity contribution in [3.63, 3.8) is 0 Å². The third-order valence-electron chi connectivity index (χ3n) is 3.93. The fourth-order valence-corrected chi connectivity index (χ4v) is 4.25. The molecule has 1 fully saturated rings. The molecule has 0 radical (unpaired) electrons. The lowest BCUT2D eigenvalue weighted by Gasteiger charge is -2.24. The monoisotopic (exact) mass is 301 g/mol. The Morgan fingerprint density at radius 3 is 2.35 bits per heavy atom. The summed E-state index contributed by atoms with van der Waals surface area (Å²) in [5, 5.41) is 9.22. The molecule has 0 aliphatic heterocycles. The van der Waals surface area contributed by atoms with Crippen LogP contribution in [0.3, 0.4) is 0 Å². The van der Waals surface area contributed by atoms with E-state index in [2.05, 4.69) is 0 Å². The topological polar surface area (TPSA) is 87.8 Å². The van der Waals surface area contributed by atoms with Gasteiger partial charge in [0.25, 0.3) is 0 Å². The summed E-state index contributed by atoms with van der Waals surface area (Å²) in [6.07, 6.45) is 2.02. The highest BCUT2D eigenvalue weighted by molar-refractivity contribution is 7.89. The van der Waals surface area contributed by atoms with E-state index < -0.39 is 16.0 Å². The number of furan rings is 1. The van der Waals surface area contributed by atoms with E-state index in [1.807, 2.05) is 6.92 Å². The van der Waals surface area contributed by atoms with Gasteiger partial charge in [0.2, 0.25) is 10.0 Å². The van der Waals surface area contributed by atoms with E-state index in [9.17, 15) is 18.3 Å². The lowest BCUT2D eigenvalue weighted by molar-refractivity contribution is 0.0691. The van der Waals surface area contributed by atoms with E-state index in [-0.39, 0.29) is 28.0 Å². The van der Waals surface area contributed by atoms with E-state index >= 15 is 0 Å². The Hall–Kier alpha value is -1.34. The fraction of sp³-hybridized carbons (Fsp3) is 0.615. The molecular formula is C13H19NO5S. The molecule has 0 amide bonds. The Morgan fingerprint density at radius 1 is 1.35 bits per heavy atom. The average molecular weight is 301 g/mol. The molecule has 0 bridgehead atoms. The molecular weight excluding hydrogens is 282 g/mol. The molecule has 1 aromatic heterocycles. The quantitative estimate of drug-likeness (QED) is 0.898. The Morgan fingerprint density at radius 2 is 1.90 bits per heavy atom. The number of sulfonamides is 1. The first kappa shape index (κ1) is 15.1. The van der Waals surface area contributed by atoms with Crippen molar-refractivity contribution in [2.75, 3.05) is 7.05 Å². The van der Waals surface area contributed by atoms with Crippen LogP contribution in [0.4, 0.5) is 0 Å². The molecule has 0 saturated heterocycles. The minimum Gasteiger partial charge on any atom is -0.478 e. The molecule has 1 unspecified atom stereocenters. The van der Waals surface area contributed by atoms with Crippen LogP contribution in [0.2, 0.25) is 0 Å². The summed E-state index contributed by atoms with van der Waals surface area (Å²) in [5.74, 6) is -0.697. The first-order chi connectivity index (χ1) is 9.17. The lowest BCUT2D eigenvalue weighted by Crippen LogP contribution is -2.37. The molecule has 7 heteroatoms. The van der Waals surface area contributed by atoms with Gasteiger partial charge < -0.3 is 9.52 Å². The predicted octanol–water partition coefficient (Wildman–Crippen LogP) is 2.01. The average Bonchev–Trinajstić information content (AvgIpc) is 3.12. The van der Waals surface area contributed by atoms with Gasteiger partial charge in [-0.15, -0.1) is 0 Å². The molecule has 112 valence electrons. The second-order valence-corrected chi connectivity index (χ2v) is 7.26. The molecule has 6 nitrogen and oxygen atoms in total. The molecule has 1 saturated carbocycles.